The molecule has 2 aromatic carbocycles. The van der Waals surface area contributed by atoms with Crippen molar-refractivity contribution in [1.82, 2.24) is 5.32 Å². The lowest BCUT2D eigenvalue weighted by Crippen LogP contribution is -2.30. The number of carbonyl (C=O) groups excluding carboxylic acids is 1. The van der Waals surface area contributed by atoms with Crippen molar-refractivity contribution in [3.8, 4) is 11.5 Å². The normalized spacial score (nSPS) is 15.6. The second-order valence-corrected chi connectivity index (χ2v) is 5.49. The van der Waals surface area contributed by atoms with Crippen LogP contribution < -0.4 is 19.7 Å². The molecule has 1 heterocycles. The van der Waals surface area contributed by atoms with Gasteiger partial charge in [0.1, 0.15) is 17.2 Å². The summed E-state index contributed by atoms with van der Waals surface area (Å²) < 4.78 is 10.4. The number of rotatable bonds is 4. The van der Waals surface area contributed by atoms with E-state index in [1.807, 2.05) is 42.5 Å². The molecule has 0 radical (unpaired) electrons. The topological polar surface area (TPSA) is 50.8 Å². The Kier molecular flexibility index (Phi) is 4.48. The Labute approximate surface area is 145 Å². The van der Waals surface area contributed by atoms with Crippen molar-refractivity contribution in [2.75, 3.05) is 19.1 Å². The molecule has 24 heavy (non-hydrogen) atoms. The molecule has 0 spiro atoms. The predicted octanol–water partition coefficient (Wildman–Crippen LogP) is 2.97. The predicted molar refractivity (Wildman–Crippen MR) is 97.2 cm³/mol. The molecule has 0 atom stereocenters. The maximum absolute atomic E-state index is 12.7. The molecule has 0 bridgehead atoms. The minimum atomic E-state index is -0.212. The van der Waals surface area contributed by atoms with Gasteiger partial charge >= 0.3 is 0 Å². The van der Waals surface area contributed by atoms with E-state index in [0.29, 0.717) is 22.2 Å². The summed E-state index contributed by atoms with van der Waals surface area (Å²) in [6.45, 7) is 0. The standard InChI is InChI=1S/C18H16N2O3S/c1-22-14-7-3-5-12(9-14)10-16-17(21)20(18(24)19-16)13-6-4-8-15(11-13)23-2/h3-11H,1-2H3,(H,19,24)/b16-10+. The minimum Gasteiger partial charge on any atom is -0.497 e. The van der Waals surface area contributed by atoms with Crippen LogP contribution >= 0.6 is 12.2 Å². The van der Waals surface area contributed by atoms with E-state index in [1.54, 1.807) is 26.4 Å². The number of benzene rings is 2. The summed E-state index contributed by atoms with van der Waals surface area (Å²) in [5, 5.41) is 3.30. The third-order valence-corrected chi connectivity index (χ3v) is 3.88. The summed E-state index contributed by atoms with van der Waals surface area (Å²) in [4.78, 5) is 14.2. The SMILES string of the molecule is COc1cccc(/C=C2/NC(=S)N(c3cccc(OC)c3)C2=O)c1. The highest BCUT2D eigenvalue weighted by Crippen LogP contribution is 2.26. The van der Waals surface area contributed by atoms with Gasteiger partial charge in [-0.2, -0.15) is 0 Å². The summed E-state index contributed by atoms with van der Waals surface area (Å²) in [5.41, 5.74) is 1.92. The first-order valence-corrected chi connectivity index (χ1v) is 7.68. The van der Waals surface area contributed by atoms with E-state index < -0.39 is 0 Å². The van der Waals surface area contributed by atoms with Crippen molar-refractivity contribution in [2.45, 2.75) is 0 Å². The average molecular weight is 340 g/mol. The zero-order valence-corrected chi connectivity index (χ0v) is 14.1. The first kappa shape index (κ1) is 16.0. The minimum absolute atomic E-state index is 0.212. The fraction of sp³-hybridized carbons (Fsp3) is 0.111. The highest BCUT2D eigenvalue weighted by Gasteiger charge is 2.32. The summed E-state index contributed by atoms with van der Waals surface area (Å²) in [7, 11) is 3.18. The van der Waals surface area contributed by atoms with E-state index in [2.05, 4.69) is 5.32 Å². The Bertz CT molecular complexity index is 833. The van der Waals surface area contributed by atoms with Crippen LogP contribution in [0.4, 0.5) is 5.69 Å². The van der Waals surface area contributed by atoms with Crippen molar-refractivity contribution in [1.29, 1.82) is 0 Å². The quantitative estimate of drug-likeness (QED) is 0.685. The molecule has 1 amide bonds. The third kappa shape index (κ3) is 3.09. The van der Waals surface area contributed by atoms with Gasteiger partial charge in [0.15, 0.2) is 5.11 Å². The fourth-order valence-electron chi connectivity index (χ4n) is 2.42. The van der Waals surface area contributed by atoms with E-state index in [0.717, 1.165) is 11.3 Å². The number of nitrogens with zero attached hydrogens (tertiary/aromatic N) is 1. The lowest BCUT2D eigenvalue weighted by Gasteiger charge is -2.14. The van der Waals surface area contributed by atoms with E-state index in [4.69, 9.17) is 21.7 Å². The molecule has 0 saturated carbocycles. The largest absolute Gasteiger partial charge is 0.497 e. The van der Waals surface area contributed by atoms with Gasteiger partial charge < -0.3 is 14.8 Å². The van der Waals surface area contributed by atoms with Gasteiger partial charge in [-0.15, -0.1) is 0 Å². The maximum atomic E-state index is 12.7. The Hall–Kier alpha value is -2.86. The molecular weight excluding hydrogens is 324 g/mol. The van der Waals surface area contributed by atoms with Gasteiger partial charge in [0.2, 0.25) is 0 Å². The van der Waals surface area contributed by atoms with Crippen LogP contribution in [0.5, 0.6) is 11.5 Å². The van der Waals surface area contributed by atoms with E-state index in [-0.39, 0.29) is 5.91 Å². The number of ether oxygens (including phenoxy) is 2. The molecule has 1 fully saturated rings. The molecule has 1 aliphatic heterocycles. The van der Waals surface area contributed by atoms with Crippen molar-refractivity contribution in [3.63, 3.8) is 0 Å². The van der Waals surface area contributed by atoms with Gasteiger partial charge in [-0.05, 0) is 48.1 Å². The summed E-state index contributed by atoms with van der Waals surface area (Å²) >= 11 is 5.31. The molecular formula is C18H16N2O3S. The lowest BCUT2D eigenvalue weighted by molar-refractivity contribution is -0.113. The molecule has 3 rings (SSSR count). The van der Waals surface area contributed by atoms with Gasteiger partial charge in [0.05, 0.1) is 19.9 Å². The number of anilines is 1. The van der Waals surface area contributed by atoms with E-state index in [1.165, 1.54) is 4.90 Å². The number of amides is 1. The third-order valence-electron chi connectivity index (χ3n) is 3.59. The van der Waals surface area contributed by atoms with Crippen LogP contribution in [0.25, 0.3) is 6.08 Å². The van der Waals surface area contributed by atoms with Crippen LogP contribution in [0.3, 0.4) is 0 Å². The van der Waals surface area contributed by atoms with E-state index >= 15 is 0 Å². The number of thiocarbonyl (C=S) groups is 1. The van der Waals surface area contributed by atoms with Gasteiger partial charge in [0.25, 0.3) is 5.91 Å². The zero-order valence-electron chi connectivity index (χ0n) is 13.3. The average Bonchev–Trinajstić information content (AvgIpc) is 2.88. The number of hydrogen-bond donors (Lipinski definition) is 1. The van der Waals surface area contributed by atoms with Crippen molar-refractivity contribution >= 4 is 35.0 Å². The van der Waals surface area contributed by atoms with Crippen LogP contribution in [-0.4, -0.2) is 25.2 Å². The van der Waals surface area contributed by atoms with Crippen LogP contribution in [-0.2, 0) is 4.79 Å². The molecule has 2 aromatic rings. The number of carbonyl (C=O) groups is 1. The zero-order chi connectivity index (χ0) is 17.1. The smallest absolute Gasteiger partial charge is 0.281 e. The molecule has 5 nitrogen and oxygen atoms in total. The molecule has 0 aliphatic carbocycles. The van der Waals surface area contributed by atoms with Gasteiger partial charge in [-0.3, -0.25) is 9.69 Å². The van der Waals surface area contributed by atoms with Crippen molar-refractivity contribution < 1.29 is 14.3 Å². The Morgan fingerprint density at radius 1 is 1.04 bits per heavy atom. The van der Waals surface area contributed by atoms with Crippen molar-refractivity contribution in [3.05, 3.63) is 59.8 Å². The molecule has 122 valence electrons. The highest BCUT2D eigenvalue weighted by atomic mass is 32.1. The molecule has 6 heteroatoms. The fourth-order valence-corrected chi connectivity index (χ4v) is 2.72. The summed E-state index contributed by atoms with van der Waals surface area (Å²) in [6, 6.07) is 14.6. The van der Waals surface area contributed by atoms with Gasteiger partial charge in [-0.25, -0.2) is 0 Å². The Morgan fingerprint density at radius 3 is 2.42 bits per heavy atom. The van der Waals surface area contributed by atoms with Crippen LogP contribution in [0.1, 0.15) is 5.56 Å². The molecule has 0 unspecified atom stereocenters. The van der Waals surface area contributed by atoms with Gasteiger partial charge in [-0.1, -0.05) is 18.2 Å². The number of hydrogen-bond acceptors (Lipinski definition) is 4. The van der Waals surface area contributed by atoms with Crippen LogP contribution in [0.15, 0.2) is 54.2 Å². The maximum Gasteiger partial charge on any atom is 0.281 e. The Morgan fingerprint density at radius 2 is 1.71 bits per heavy atom. The summed E-state index contributed by atoms with van der Waals surface area (Å²) in [6.07, 6.45) is 1.75. The molecule has 1 saturated heterocycles. The first-order valence-electron chi connectivity index (χ1n) is 7.27. The van der Waals surface area contributed by atoms with Gasteiger partial charge in [0, 0.05) is 6.07 Å². The Balaban J connectivity index is 1.92. The molecule has 0 aromatic heterocycles. The first-order chi connectivity index (χ1) is 11.6. The van der Waals surface area contributed by atoms with E-state index in [9.17, 15) is 4.79 Å². The number of methoxy groups -OCH3 is 2. The second-order valence-electron chi connectivity index (χ2n) is 5.11. The summed E-state index contributed by atoms with van der Waals surface area (Å²) in [5.74, 6) is 1.17. The van der Waals surface area contributed by atoms with Crippen LogP contribution in [0.2, 0.25) is 0 Å². The molecule has 1 N–H and O–H groups in total. The second kappa shape index (κ2) is 6.72. The number of nitrogens with one attached hydrogen (secondary N) is 1. The van der Waals surface area contributed by atoms with Crippen LogP contribution in [0, 0.1) is 0 Å². The monoisotopic (exact) mass is 340 g/mol. The van der Waals surface area contributed by atoms with Crippen molar-refractivity contribution in [2.24, 2.45) is 0 Å². The lowest BCUT2D eigenvalue weighted by atomic mass is 10.2. The highest BCUT2D eigenvalue weighted by molar-refractivity contribution is 7.80. The molecule has 1 aliphatic rings.